The monoisotopic (exact) mass is 361 g/mol. The highest BCUT2D eigenvalue weighted by atomic mass is 79.9. The summed E-state index contributed by atoms with van der Waals surface area (Å²) in [7, 11) is 0. The highest BCUT2D eigenvalue weighted by Crippen LogP contribution is 2.31. The molecule has 0 spiro atoms. The van der Waals surface area contributed by atoms with Crippen LogP contribution in [-0.4, -0.2) is 12.5 Å². The fourth-order valence-corrected chi connectivity index (χ4v) is 2.44. The average molecular weight is 362 g/mol. The van der Waals surface area contributed by atoms with Crippen LogP contribution in [0.15, 0.2) is 53.0 Å². The van der Waals surface area contributed by atoms with Crippen LogP contribution < -0.4 is 10.1 Å². The van der Waals surface area contributed by atoms with Crippen LogP contribution in [0.1, 0.15) is 26.3 Å². The Morgan fingerprint density at radius 3 is 2.41 bits per heavy atom. The van der Waals surface area contributed by atoms with Gasteiger partial charge in [-0.15, -0.1) is 0 Å². The molecule has 0 unspecified atom stereocenters. The Kier molecular flexibility index (Phi) is 5.24. The number of carbonyl (C=O) groups excluding carboxylic acids is 1. The van der Waals surface area contributed by atoms with Crippen LogP contribution in [0.5, 0.6) is 5.75 Å². The molecule has 0 saturated heterocycles. The highest BCUT2D eigenvalue weighted by molar-refractivity contribution is 9.10. The first-order chi connectivity index (χ1) is 10.4. The minimum absolute atomic E-state index is 0.0254. The summed E-state index contributed by atoms with van der Waals surface area (Å²) in [5, 5.41) is 2.79. The number of amides is 1. The molecule has 0 aliphatic rings. The molecule has 22 heavy (non-hydrogen) atoms. The molecule has 1 amide bonds. The normalized spacial score (nSPS) is 11.1. The summed E-state index contributed by atoms with van der Waals surface area (Å²) < 4.78 is 6.43. The molecule has 2 aromatic rings. The summed E-state index contributed by atoms with van der Waals surface area (Å²) in [6.45, 7) is 6.44. The maximum absolute atomic E-state index is 11.9. The first kappa shape index (κ1) is 16.6. The summed E-state index contributed by atoms with van der Waals surface area (Å²) in [4.78, 5) is 11.9. The molecule has 0 bridgehead atoms. The van der Waals surface area contributed by atoms with Crippen LogP contribution >= 0.6 is 15.9 Å². The molecule has 1 N–H and O–H groups in total. The van der Waals surface area contributed by atoms with Crippen molar-refractivity contribution >= 4 is 27.5 Å². The summed E-state index contributed by atoms with van der Waals surface area (Å²) in [6.07, 6.45) is 0. The Labute approximate surface area is 139 Å². The van der Waals surface area contributed by atoms with E-state index >= 15 is 0 Å². The van der Waals surface area contributed by atoms with Gasteiger partial charge < -0.3 is 10.1 Å². The molecule has 0 radical (unpaired) electrons. The predicted molar refractivity (Wildman–Crippen MR) is 93.4 cm³/mol. The van der Waals surface area contributed by atoms with E-state index in [-0.39, 0.29) is 17.9 Å². The topological polar surface area (TPSA) is 38.3 Å². The number of anilines is 1. The van der Waals surface area contributed by atoms with E-state index in [0.717, 1.165) is 10.2 Å². The van der Waals surface area contributed by atoms with Gasteiger partial charge in [-0.25, -0.2) is 0 Å². The van der Waals surface area contributed by atoms with Gasteiger partial charge in [-0.3, -0.25) is 4.79 Å². The minimum atomic E-state index is -0.182. The molecular formula is C18H20BrNO2. The number of benzene rings is 2. The number of para-hydroxylation sites is 1. The first-order valence-electron chi connectivity index (χ1n) is 7.14. The first-order valence-corrected chi connectivity index (χ1v) is 7.93. The van der Waals surface area contributed by atoms with E-state index in [0.29, 0.717) is 5.75 Å². The third-order valence-electron chi connectivity index (χ3n) is 3.21. The quantitative estimate of drug-likeness (QED) is 0.851. The van der Waals surface area contributed by atoms with Crippen molar-refractivity contribution in [1.29, 1.82) is 0 Å². The van der Waals surface area contributed by atoms with Gasteiger partial charge in [-0.05, 0) is 51.2 Å². The van der Waals surface area contributed by atoms with Gasteiger partial charge >= 0.3 is 0 Å². The standard InChI is InChI=1S/C18H20BrNO2/c1-18(2,3)13-9-10-16(15(19)11-13)22-12-17(21)20-14-7-5-4-6-8-14/h4-11H,12H2,1-3H3,(H,20,21). The van der Waals surface area contributed by atoms with Crippen molar-refractivity contribution in [1.82, 2.24) is 0 Å². The molecule has 0 aliphatic carbocycles. The number of hydrogen-bond donors (Lipinski definition) is 1. The molecule has 0 heterocycles. The molecular weight excluding hydrogens is 342 g/mol. The maximum atomic E-state index is 11.9. The van der Waals surface area contributed by atoms with Crippen LogP contribution in [0.25, 0.3) is 0 Å². The predicted octanol–water partition coefficient (Wildman–Crippen LogP) is 4.76. The van der Waals surface area contributed by atoms with E-state index in [2.05, 4.69) is 42.0 Å². The van der Waals surface area contributed by atoms with Gasteiger partial charge in [-0.2, -0.15) is 0 Å². The molecule has 3 nitrogen and oxygen atoms in total. The summed E-state index contributed by atoms with van der Waals surface area (Å²) in [5.74, 6) is 0.481. The Morgan fingerprint density at radius 2 is 1.82 bits per heavy atom. The minimum Gasteiger partial charge on any atom is -0.483 e. The molecule has 0 aliphatic heterocycles. The zero-order valence-electron chi connectivity index (χ0n) is 13.0. The van der Waals surface area contributed by atoms with Gasteiger partial charge in [0.15, 0.2) is 6.61 Å². The lowest BCUT2D eigenvalue weighted by molar-refractivity contribution is -0.118. The zero-order chi connectivity index (χ0) is 16.2. The van der Waals surface area contributed by atoms with Crippen molar-refractivity contribution in [2.75, 3.05) is 11.9 Å². The van der Waals surface area contributed by atoms with E-state index in [1.807, 2.05) is 48.5 Å². The lowest BCUT2D eigenvalue weighted by atomic mass is 9.87. The fraction of sp³-hybridized carbons (Fsp3) is 0.278. The van der Waals surface area contributed by atoms with Gasteiger partial charge in [0.05, 0.1) is 4.47 Å². The molecule has 0 atom stereocenters. The summed E-state index contributed by atoms with van der Waals surface area (Å²) in [6, 6.07) is 15.3. The zero-order valence-corrected chi connectivity index (χ0v) is 14.6. The van der Waals surface area contributed by atoms with E-state index in [9.17, 15) is 4.79 Å². The number of halogens is 1. The van der Waals surface area contributed by atoms with E-state index in [4.69, 9.17) is 4.74 Å². The van der Waals surface area contributed by atoms with Crippen molar-refractivity contribution in [3.63, 3.8) is 0 Å². The number of ether oxygens (including phenoxy) is 1. The van der Waals surface area contributed by atoms with Crippen molar-refractivity contribution in [3.8, 4) is 5.75 Å². The molecule has 2 rings (SSSR count). The molecule has 0 saturated carbocycles. The fourth-order valence-electron chi connectivity index (χ4n) is 1.95. The number of nitrogens with one attached hydrogen (secondary N) is 1. The summed E-state index contributed by atoms with van der Waals surface area (Å²) in [5.41, 5.74) is 2.05. The smallest absolute Gasteiger partial charge is 0.262 e. The highest BCUT2D eigenvalue weighted by Gasteiger charge is 2.15. The lowest BCUT2D eigenvalue weighted by Gasteiger charge is -2.20. The second-order valence-electron chi connectivity index (χ2n) is 6.10. The van der Waals surface area contributed by atoms with Crippen LogP contribution in [0, 0.1) is 0 Å². The molecule has 4 heteroatoms. The number of hydrogen-bond acceptors (Lipinski definition) is 2. The Bertz CT molecular complexity index is 648. The second kappa shape index (κ2) is 6.97. The van der Waals surface area contributed by atoms with Crippen molar-refractivity contribution in [3.05, 3.63) is 58.6 Å². The van der Waals surface area contributed by atoms with Gasteiger partial charge in [0.1, 0.15) is 5.75 Å². The van der Waals surface area contributed by atoms with Crippen molar-refractivity contribution in [2.45, 2.75) is 26.2 Å². The van der Waals surface area contributed by atoms with E-state index in [1.54, 1.807) is 0 Å². The van der Waals surface area contributed by atoms with Gasteiger partial charge in [-0.1, -0.05) is 45.0 Å². The summed E-state index contributed by atoms with van der Waals surface area (Å²) >= 11 is 3.50. The van der Waals surface area contributed by atoms with Crippen LogP contribution in [0.2, 0.25) is 0 Å². The van der Waals surface area contributed by atoms with Crippen LogP contribution in [0.3, 0.4) is 0 Å². The van der Waals surface area contributed by atoms with Gasteiger partial charge in [0.25, 0.3) is 5.91 Å². The average Bonchev–Trinajstić information content (AvgIpc) is 2.46. The Balaban J connectivity index is 1.96. The third kappa shape index (κ3) is 4.60. The SMILES string of the molecule is CC(C)(C)c1ccc(OCC(=O)Nc2ccccc2)c(Br)c1. The van der Waals surface area contributed by atoms with Crippen molar-refractivity contribution in [2.24, 2.45) is 0 Å². The number of carbonyl (C=O) groups is 1. The second-order valence-corrected chi connectivity index (χ2v) is 6.95. The molecule has 116 valence electrons. The van der Waals surface area contributed by atoms with Crippen LogP contribution in [0.4, 0.5) is 5.69 Å². The molecule has 0 fully saturated rings. The van der Waals surface area contributed by atoms with Crippen LogP contribution in [-0.2, 0) is 10.2 Å². The van der Waals surface area contributed by atoms with E-state index in [1.165, 1.54) is 5.56 Å². The maximum Gasteiger partial charge on any atom is 0.262 e. The van der Waals surface area contributed by atoms with Gasteiger partial charge in [0.2, 0.25) is 0 Å². The molecule has 0 aromatic heterocycles. The van der Waals surface area contributed by atoms with Gasteiger partial charge in [0, 0.05) is 5.69 Å². The number of rotatable bonds is 4. The third-order valence-corrected chi connectivity index (χ3v) is 3.83. The van der Waals surface area contributed by atoms with E-state index < -0.39 is 0 Å². The Hall–Kier alpha value is -1.81. The Morgan fingerprint density at radius 1 is 1.14 bits per heavy atom. The largest absolute Gasteiger partial charge is 0.483 e. The molecule has 2 aromatic carbocycles. The van der Waals surface area contributed by atoms with Crippen molar-refractivity contribution < 1.29 is 9.53 Å². The lowest BCUT2D eigenvalue weighted by Crippen LogP contribution is -2.20.